The zero-order valence-corrected chi connectivity index (χ0v) is 23.2. The van der Waals surface area contributed by atoms with Crippen LogP contribution in [0.2, 0.25) is 0 Å². The molecule has 0 aliphatic heterocycles. The lowest BCUT2D eigenvalue weighted by atomic mass is 9.42. The van der Waals surface area contributed by atoms with Gasteiger partial charge in [-0.2, -0.15) is 0 Å². The molecule has 0 heterocycles. The minimum atomic E-state index is -0.973. The first-order chi connectivity index (χ1) is 20.3. The molecule has 212 valence electrons. The van der Waals surface area contributed by atoms with Crippen molar-refractivity contribution >= 4 is 11.9 Å². The van der Waals surface area contributed by atoms with Crippen molar-refractivity contribution in [1.29, 1.82) is 0 Å². The lowest BCUT2D eigenvalue weighted by Gasteiger charge is -2.62. The summed E-state index contributed by atoms with van der Waals surface area (Å²) in [7, 11) is 0. The molecule has 4 aromatic rings. The average molecular weight is 561 g/mol. The Kier molecular flexibility index (Phi) is 6.30. The van der Waals surface area contributed by atoms with E-state index in [2.05, 4.69) is 24.3 Å². The van der Waals surface area contributed by atoms with Crippen LogP contribution in [0.4, 0.5) is 0 Å². The first-order valence-electron chi connectivity index (χ1n) is 14.5. The molecule has 0 radical (unpaired) electrons. The van der Waals surface area contributed by atoms with Crippen LogP contribution < -0.4 is 9.47 Å². The zero-order valence-electron chi connectivity index (χ0n) is 23.2. The quantitative estimate of drug-likeness (QED) is 0.225. The monoisotopic (exact) mass is 560 g/mol. The van der Waals surface area contributed by atoms with Gasteiger partial charge in [0, 0.05) is 0 Å². The minimum Gasteiger partial charge on any atom is -0.478 e. The molecule has 4 aromatic carbocycles. The number of hydrogen-bond acceptors (Lipinski definition) is 4. The number of benzene rings is 4. The highest BCUT2D eigenvalue weighted by molar-refractivity contribution is 5.88. The van der Waals surface area contributed by atoms with E-state index in [1.54, 1.807) is 48.5 Å². The molecule has 0 spiro atoms. The second-order valence-electron chi connectivity index (χ2n) is 12.4. The molecule has 0 saturated heterocycles. The molecular weight excluding hydrogens is 528 g/mol. The van der Waals surface area contributed by atoms with Crippen molar-refractivity contribution < 1.29 is 29.3 Å². The predicted molar refractivity (Wildman–Crippen MR) is 158 cm³/mol. The first-order valence-corrected chi connectivity index (χ1v) is 14.5. The first kappa shape index (κ1) is 26.3. The van der Waals surface area contributed by atoms with E-state index in [4.69, 9.17) is 9.47 Å². The molecule has 42 heavy (non-hydrogen) atoms. The van der Waals surface area contributed by atoms with Crippen molar-refractivity contribution in [2.24, 2.45) is 11.8 Å². The third-order valence-electron chi connectivity index (χ3n) is 9.63. The van der Waals surface area contributed by atoms with Crippen LogP contribution in [-0.2, 0) is 10.8 Å². The minimum absolute atomic E-state index is 0.137. The third kappa shape index (κ3) is 4.81. The summed E-state index contributed by atoms with van der Waals surface area (Å²) in [4.78, 5) is 22.7. The number of aromatic carboxylic acids is 2. The van der Waals surface area contributed by atoms with Crippen molar-refractivity contribution in [3.8, 4) is 23.0 Å². The smallest absolute Gasteiger partial charge is 0.335 e. The van der Waals surface area contributed by atoms with E-state index in [1.165, 1.54) is 43.2 Å². The van der Waals surface area contributed by atoms with Crippen molar-refractivity contribution in [3.05, 3.63) is 119 Å². The van der Waals surface area contributed by atoms with Gasteiger partial charge in [0.2, 0.25) is 0 Å². The molecule has 4 fully saturated rings. The van der Waals surface area contributed by atoms with Crippen LogP contribution in [0.25, 0.3) is 0 Å². The number of rotatable bonds is 8. The summed E-state index contributed by atoms with van der Waals surface area (Å²) in [6, 6.07) is 30.0. The summed E-state index contributed by atoms with van der Waals surface area (Å²) in [5, 5.41) is 18.6. The SMILES string of the molecule is O=C(O)c1cccc(Oc2ccc(C34CC5CC(C3)CC(c3ccc(Oc6cccc(C(=O)O)c6)cc3)(C5)C4)cc2)c1. The molecule has 4 bridgehead atoms. The molecule has 4 saturated carbocycles. The Balaban J connectivity index is 1.11. The van der Waals surface area contributed by atoms with E-state index in [1.807, 2.05) is 24.3 Å². The topological polar surface area (TPSA) is 93.1 Å². The Labute approximate surface area is 244 Å². The normalized spacial score (nSPS) is 25.6. The maximum atomic E-state index is 11.3. The summed E-state index contributed by atoms with van der Waals surface area (Å²) >= 11 is 0. The van der Waals surface area contributed by atoms with Gasteiger partial charge in [-0.25, -0.2) is 9.59 Å². The largest absolute Gasteiger partial charge is 0.478 e. The lowest BCUT2D eigenvalue weighted by Crippen LogP contribution is -2.55. The standard InChI is InChI=1S/C36H32O6/c37-33(38)25-3-1-5-31(16-25)41-29-11-7-27(8-12-29)35-18-23-15-24(19-35)21-36(20-23,22-35)28-9-13-30(14-10-28)42-32-6-2-4-26(17-32)34(39)40/h1-14,16-17,23-24H,15,18-22H2,(H,37,38)(H,39,40). The van der Waals surface area contributed by atoms with Gasteiger partial charge in [-0.3, -0.25) is 0 Å². The summed E-state index contributed by atoms with van der Waals surface area (Å²) in [5.41, 5.74) is 3.41. The van der Waals surface area contributed by atoms with Crippen LogP contribution in [0.1, 0.15) is 70.4 Å². The van der Waals surface area contributed by atoms with E-state index >= 15 is 0 Å². The van der Waals surface area contributed by atoms with Gasteiger partial charge < -0.3 is 19.7 Å². The highest BCUT2D eigenvalue weighted by atomic mass is 16.5. The number of hydrogen-bond donors (Lipinski definition) is 2. The molecular formula is C36H32O6. The van der Waals surface area contributed by atoms with Crippen LogP contribution in [0.3, 0.4) is 0 Å². The summed E-state index contributed by atoms with van der Waals surface area (Å²) in [6.07, 6.45) is 7.29. The maximum Gasteiger partial charge on any atom is 0.335 e. The van der Waals surface area contributed by atoms with Gasteiger partial charge in [0.15, 0.2) is 0 Å². The van der Waals surface area contributed by atoms with Crippen LogP contribution >= 0.6 is 0 Å². The molecule has 0 aromatic heterocycles. The van der Waals surface area contributed by atoms with Gasteiger partial charge in [0.05, 0.1) is 11.1 Å². The highest BCUT2D eigenvalue weighted by Gasteiger charge is 2.58. The number of carboxylic acids is 2. The number of carboxylic acid groups (broad SMARTS) is 2. The summed E-state index contributed by atoms with van der Waals surface area (Å²) in [6.45, 7) is 0. The molecule has 0 atom stereocenters. The lowest BCUT2D eigenvalue weighted by molar-refractivity contribution is -0.0281. The van der Waals surface area contributed by atoms with Crippen LogP contribution in [0, 0.1) is 11.8 Å². The van der Waals surface area contributed by atoms with Gasteiger partial charge in [-0.15, -0.1) is 0 Å². The molecule has 0 amide bonds. The molecule has 2 N–H and O–H groups in total. The molecule has 4 aliphatic carbocycles. The Morgan fingerprint density at radius 3 is 1.36 bits per heavy atom. The Morgan fingerprint density at radius 2 is 0.976 bits per heavy atom. The average Bonchev–Trinajstić information content (AvgIpc) is 2.97. The Morgan fingerprint density at radius 1 is 0.571 bits per heavy atom. The summed E-state index contributed by atoms with van der Waals surface area (Å²) < 4.78 is 12.0. The van der Waals surface area contributed by atoms with E-state index in [-0.39, 0.29) is 22.0 Å². The molecule has 6 nitrogen and oxygen atoms in total. The van der Waals surface area contributed by atoms with E-state index in [9.17, 15) is 19.8 Å². The second-order valence-corrected chi connectivity index (χ2v) is 12.4. The third-order valence-corrected chi connectivity index (χ3v) is 9.63. The fraction of sp³-hybridized carbons (Fsp3) is 0.278. The van der Waals surface area contributed by atoms with Gasteiger partial charge in [0.25, 0.3) is 0 Å². The van der Waals surface area contributed by atoms with Gasteiger partial charge in [-0.05, 0) is 133 Å². The van der Waals surface area contributed by atoms with Gasteiger partial charge in [0.1, 0.15) is 23.0 Å². The zero-order chi connectivity index (χ0) is 28.9. The fourth-order valence-corrected chi connectivity index (χ4v) is 8.35. The van der Waals surface area contributed by atoms with Crippen molar-refractivity contribution in [2.45, 2.75) is 49.4 Å². The van der Waals surface area contributed by atoms with E-state index in [0.29, 0.717) is 34.8 Å². The van der Waals surface area contributed by atoms with E-state index < -0.39 is 11.9 Å². The number of carbonyl (C=O) groups is 2. The van der Waals surface area contributed by atoms with Gasteiger partial charge in [-0.1, -0.05) is 36.4 Å². The summed E-state index contributed by atoms with van der Waals surface area (Å²) in [5.74, 6) is 1.89. The Bertz CT molecular complexity index is 1520. The predicted octanol–water partition coefficient (Wildman–Crippen LogP) is 8.46. The molecule has 4 aliphatic rings. The van der Waals surface area contributed by atoms with Crippen LogP contribution in [0.5, 0.6) is 23.0 Å². The second kappa shape index (κ2) is 10.1. The molecule has 6 heteroatoms. The van der Waals surface area contributed by atoms with E-state index in [0.717, 1.165) is 6.42 Å². The highest BCUT2D eigenvalue weighted by Crippen LogP contribution is 2.66. The fourth-order valence-electron chi connectivity index (χ4n) is 8.35. The maximum absolute atomic E-state index is 11.3. The Hall–Kier alpha value is -4.58. The van der Waals surface area contributed by atoms with Crippen LogP contribution in [0.15, 0.2) is 97.1 Å². The van der Waals surface area contributed by atoms with Crippen LogP contribution in [-0.4, -0.2) is 22.2 Å². The van der Waals surface area contributed by atoms with Crippen molar-refractivity contribution in [1.82, 2.24) is 0 Å². The van der Waals surface area contributed by atoms with Gasteiger partial charge >= 0.3 is 11.9 Å². The molecule has 0 unspecified atom stereocenters. The molecule has 8 rings (SSSR count). The van der Waals surface area contributed by atoms with Crippen molar-refractivity contribution in [3.63, 3.8) is 0 Å². The van der Waals surface area contributed by atoms with Crippen molar-refractivity contribution in [2.75, 3.05) is 0 Å². The number of ether oxygens (including phenoxy) is 2.